The molecule has 1 aromatic heterocycles. The van der Waals surface area contributed by atoms with E-state index in [0.29, 0.717) is 37.6 Å². The lowest BCUT2D eigenvalue weighted by atomic mass is 10.1. The summed E-state index contributed by atoms with van der Waals surface area (Å²) in [5, 5.41) is 2.15. The molecule has 1 amide bonds. The molecule has 0 saturated carbocycles. The second-order valence-corrected chi connectivity index (χ2v) is 7.86. The van der Waals surface area contributed by atoms with Crippen molar-refractivity contribution in [3.63, 3.8) is 0 Å². The van der Waals surface area contributed by atoms with Gasteiger partial charge in [0, 0.05) is 32.4 Å². The third-order valence-electron chi connectivity index (χ3n) is 5.12. The summed E-state index contributed by atoms with van der Waals surface area (Å²) >= 11 is 5.91. The second-order valence-electron chi connectivity index (χ2n) is 7.45. The van der Waals surface area contributed by atoms with Gasteiger partial charge in [-0.15, -0.1) is 0 Å². The quantitative estimate of drug-likeness (QED) is 0.623. The van der Waals surface area contributed by atoms with Crippen LogP contribution < -0.4 is 10.2 Å². The molecule has 1 aromatic carbocycles. The molecule has 1 aliphatic rings. The number of hydrogen-bond acceptors (Lipinski definition) is 6. The number of rotatable bonds is 6. The molecule has 0 radical (unpaired) electrons. The van der Waals surface area contributed by atoms with Crippen molar-refractivity contribution in [3.05, 3.63) is 52.7 Å². The number of anilines is 2. The topological polar surface area (TPSA) is 74.8 Å². The Morgan fingerprint density at radius 1 is 1.15 bits per heavy atom. The summed E-state index contributed by atoms with van der Waals surface area (Å²) in [6, 6.07) is 6.77. The number of nitrogens with one attached hydrogen (secondary N) is 1. The zero-order chi connectivity index (χ0) is 24.0. The van der Waals surface area contributed by atoms with Crippen LogP contribution in [0.1, 0.15) is 29.3 Å². The number of amides is 1. The summed E-state index contributed by atoms with van der Waals surface area (Å²) in [6.45, 7) is 4.32. The normalized spacial score (nSPS) is 15.1. The van der Waals surface area contributed by atoms with Crippen molar-refractivity contribution in [2.24, 2.45) is 0 Å². The van der Waals surface area contributed by atoms with E-state index in [9.17, 15) is 22.8 Å². The van der Waals surface area contributed by atoms with Crippen LogP contribution in [-0.2, 0) is 15.7 Å². The monoisotopic (exact) mass is 484 g/mol. The lowest BCUT2D eigenvalue weighted by Gasteiger charge is -2.23. The minimum absolute atomic E-state index is 0.0639. The van der Waals surface area contributed by atoms with Crippen LogP contribution in [0.5, 0.6) is 0 Å². The fourth-order valence-electron chi connectivity index (χ4n) is 3.54. The van der Waals surface area contributed by atoms with E-state index in [-0.39, 0.29) is 18.2 Å². The maximum absolute atomic E-state index is 13.2. The number of carbonyl (C=O) groups is 2. The van der Waals surface area contributed by atoms with Crippen molar-refractivity contribution in [1.29, 1.82) is 0 Å². The second kappa shape index (κ2) is 10.8. The van der Waals surface area contributed by atoms with Crippen LogP contribution in [-0.4, -0.2) is 61.1 Å². The van der Waals surface area contributed by atoms with E-state index in [0.717, 1.165) is 12.5 Å². The van der Waals surface area contributed by atoms with Crippen LogP contribution in [0.2, 0.25) is 5.02 Å². The van der Waals surface area contributed by atoms with Crippen LogP contribution in [0.15, 0.2) is 36.5 Å². The van der Waals surface area contributed by atoms with Gasteiger partial charge in [-0.1, -0.05) is 17.7 Å². The van der Waals surface area contributed by atoms with Gasteiger partial charge in [-0.05, 0) is 37.6 Å². The van der Waals surface area contributed by atoms with Crippen molar-refractivity contribution < 1.29 is 27.5 Å². The van der Waals surface area contributed by atoms with Gasteiger partial charge in [0.1, 0.15) is 5.82 Å². The highest BCUT2D eigenvalue weighted by atomic mass is 35.5. The number of carbonyl (C=O) groups excluding carboxylic acids is 2. The highest BCUT2D eigenvalue weighted by Gasteiger charge is 2.35. The van der Waals surface area contributed by atoms with Gasteiger partial charge in [-0.3, -0.25) is 9.69 Å². The number of hydrogen-bond donors (Lipinski definition) is 1. The average molecular weight is 485 g/mol. The van der Waals surface area contributed by atoms with E-state index in [4.69, 9.17) is 16.3 Å². The fourth-order valence-corrected chi connectivity index (χ4v) is 3.76. The molecule has 178 valence electrons. The summed E-state index contributed by atoms with van der Waals surface area (Å²) < 4.78 is 44.7. The maximum atomic E-state index is 13.2. The Morgan fingerprint density at radius 2 is 1.94 bits per heavy atom. The Balaban J connectivity index is 1.59. The number of benzene rings is 1. The number of alkyl halides is 3. The van der Waals surface area contributed by atoms with Crippen LogP contribution in [0, 0.1) is 0 Å². The molecule has 2 heterocycles. The van der Waals surface area contributed by atoms with Crippen LogP contribution in [0.3, 0.4) is 0 Å². The molecular formula is C22H24ClF3N4O3. The number of esters is 1. The number of halogens is 4. The Morgan fingerprint density at radius 3 is 2.61 bits per heavy atom. The molecule has 33 heavy (non-hydrogen) atoms. The number of nitrogens with zero attached hydrogens (tertiary/aromatic N) is 3. The Labute approximate surface area is 194 Å². The zero-order valence-electron chi connectivity index (χ0n) is 18.0. The lowest BCUT2D eigenvalue weighted by molar-refractivity contribution is -0.137. The van der Waals surface area contributed by atoms with Gasteiger partial charge in [0.2, 0.25) is 5.91 Å². The van der Waals surface area contributed by atoms with Gasteiger partial charge in [0.05, 0.1) is 35.0 Å². The number of para-hydroxylation sites is 1. The Kier molecular flexibility index (Phi) is 8.15. The molecular weight excluding hydrogens is 461 g/mol. The summed E-state index contributed by atoms with van der Waals surface area (Å²) in [5.74, 6) is -0.309. The van der Waals surface area contributed by atoms with Crippen LogP contribution >= 0.6 is 11.6 Å². The highest BCUT2D eigenvalue weighted by Crippen LogP contribution is 2.38. The molecule has 0 atom stereocenters. The van der Waals surface area contributed by atoms with Gasteiger partial charge in [-0.2, -0.15) is 13.2 Å². The van der Waals surface area contributed by atoms with Crippen molar-refractivity contribution in [1.82, 2.24) is 9.88 Å². The lowest BCUT2D eigenvalue weighted by Crippen LogP contribution is -2.36. The van der Waals surface area contributed by atoms with E-state index < -0.39 is 29.3 Å². The number of pyridine rings is 1. The molecule has 0 spiro atoms. The highest BCUT2D eigenvalue weighted by molar-refractivity contribution is 6.34. The third kappa shape index (κ3) is 6.58. The van der Waals surface area contributed by atoms with Crippen molar-refractivity contribution in [2.45, 2.75) is 19.5 Å². The first-order valence-electron chi connectivity index (χ1n) is 10.4. The number of aromatic nitrogens is 1. The smallest absolute Gasteiger partial charge is 0.418 e. The number of ether oxygens (including phenoxy) is 1. The molecule has 2 aromatic rings. The standard InChI is InChI=1S/C22H24ClF3N4O3/c1-2-33-21(32)15-7-8-18(27-13-15)30-10-4-9-29(11-12-30)14-19(31)28-20-16(22(24,25)26)5-3-6-17(20)23/h3,5-8,13H,2,4,9-12,14H2,1H3,(H,28,31). The predicted octanol–water partition coefficient (Wildman–Crippen LogP) is 4.08. The minimum Gasteiger partial charge on any atom is -0.462 e. The fraction of sp³-hybridized carbons (Fsp3) is 0.409. The molecule has 0 aliphatic carbocycles. The van der Waals surface area contributed by atoms with Crippen molar-refractivity contribution in [2.75, 3.05) is 49.5 Å². The molecule has 7 nitrogen and oxygen atoms in total. The zero-order valence-corrected chi connectivity index (χ0v) is 18.7. The van der Waals surface area contributed by atoms with Crippen LogP contribution in [0.4, 0.5) is 24.7 Å². The molecule has 11 heteroatoms. The predicted molar refractivity (Wildman–Crippen MR) is 119 cm³/mol. The van der Waals surface area contributed by atoms with Gasteiger partial charge < -0.3 is 15.0 Å². The van der Waals surface area contributed by atoms with Gasteiger partial charge >= 0.3 is 12.1 Å². The molecule has 1 aliphatic heterocycles. The van der Waals surface area contributed by atoms with Crippen LogP contribution in [0.25, 0.3) is 0 Å². The van der Waals surface area contributed by atoms with E-state index in [1.54, 1.807) is 19.1 Å². The Bertz CT molecular complexity index is 986. The summed E-state index contributed by atoms with van der Waals surface area (Å²) in [7, 11) is 0. The molecule has 0 unspecified atom stereocenters. The van der Waals surface area contributed by atoms with Gasteiger partial charge in [-0.25, -0.2) is 9.78 Å². The van der Waals surface area contributed by atoms with Gasteiger partial charge in [0.15, 0.2) is 0 Å². The molecule has 3 rings (SSSR count). The minimum atomic E-state index is -4.63. The average Bonchev–Trinajstić information content (AvgIpc) is 3.00. The summed E-state index contributed by atoms with van der Waals surface area (Å²) in [4.78, 5) is 32.5. The Hall–Kier alpha value is -2.85. The van der Waals surface area contributed by atoms with E-state index >= 15 is 0 Å². The van der Waals surface area contributed by atoms with E-state index in [2.05, 4.69) is 10.3 Å². The van der Waals surface area contributed by atoms with E-state index in [1.165, 1.54) is 18.3 Å². The summed E-state index contributed by atoms with van der Waals surface area (Å²) in [6.07, 6.45) is -2.44. The first kappa shape index (κ1) is 24.8. The van der Waals surface area contributed by atoms with Crippen molar-refractivity contribution >= 4 is 35.0 Å². The molecule has 0 bridgehead atoms. The van der Waals surface area contributed by atoms with Crippen molar-refractivity contribution in [3.8, 4) is 0 Å². The largest absolute Gasteiger partial charge is 0.462 e. The van der Waals surface area contributed by atoms with Gasteiger partial charge in [0.25, 0.3) is 0 Å². The maximum Gasteiger partial charge on any atom is 0.418 e. The molecule has 1 fully saturated rings. The SMILES string of the molecule is CCOC(=O)c1ccc(N2CCCN(CC(=O)Nc3c(Cl)cccc3C(F)(F)F)CC2)nc1. The molecule has 1 saturated heterocycles. The first-order chi connectivity index (χ1) is 15.7. The first-order valence-corrected chi connectivity index (χ1v) is 10.8. The molecule has 1 N–H and O–H groups in total. The summed E-state index contributed by atoms with van der Waals surface area (Å²) in [5.41, 5.74) is -1.05. The third-order valence-corrected chi connectivity index (χ3v) is 5.44. The van der Waals surface area contributed by atoms with E-state index in [1.807, 2.05) is 9.80 Å².